The van der Waals surface area contributed by atoms with Crippen molar-refractivity contribution in [2.75, 3.05) is 31.6 Å². The van der Waals surface area contributed by atoms with Crippen molar-refractivity contribution in [3.05, 3.63) is 52.8 Å². The second kappa shape index (κ2) is 11.6. The number of anilines is 1. The van der Waals surface area contributed by atoms with Gasteiger partial charge in [-0.25, -0.2) is 19.6 Å². The van der Waals surface area contributed by atoms with Gasteiger partial charge in [0.05, 0.1) is 34.9 Å². The van der Waals surface area contributed by atoms with Crippen molar-refractivity contribution in [3.8, 4) is 27.8 Å². The molecule has 204 valence electrons. The molecule has 1 atom stereocenters. The van der Waals surface area contributed by atoms with Crippen molar-refractivity contribution in [2.45, 2.75) is 39.3 Å². The molecule has 10 nitrogen and oxygen atoms in total. The van der Waals surface area contributed by atoms with Crippen LogP contribution in [-0.2, 0) is 4.74 Å². The summed E-state index contributed by atoms with van der Waals surface area (Å²) in [6.07, 6.45) is -0.526. The molecule has 4 rings (SSSR count). The smallest absolute Gasteiger partial charge is 0.410 e. The van der Waals surface area contributed by atoms with Gasteiger partial charge >= 0.3 is 12.1 Å². The van der Waals surface area contributed by atoms with Crippen LogP contribution in [0.4, 0.5) is 14.7 Å². The van der Waals surface area contributed by atoms with E-state index in [0.717, 1.165) is 21.7 Å². The van der Waals surface area contributed by atoms with Gasteiger partial charge in [0.1, 0.15) is 10.8 Å². The van der Waals surface area contributed by atoms with E-state index in [1.165, 1.54) is 21.1 Å². The number of nitriles is 1. The van der Waals surface area contributed by atoms with Crippen molar-refractivity contribution < 1.29 is 19.4 Å². The molecule has 0 bridgehead atoms. The standard InChI is InChI=1S/C27H29ClN6O4S/c1-16-10-19(12-21(28)30-16)23-22(18-7-5-6-17(11-18)13-29)31-24(39-23)32-25(36)33-8-9-34(20(14-33)15-35)26(37)38-27(2,3)4/h5-7,10-12,20,35H,8-9,14-15H2,1-4H3,(H,31,32,36)/t20-/m1/s1. The van der Waals surface area contributed by atoms with E-state index in [1.54, 1.807) is 45.0 Å². The second-order valence-corrected chi connectivity index (χ2v) is 11.5. The Morgan fingerprint density at radius 3 is 2.67 bits per heavy atom. The van der Waals surface area contributed by atoms with Gasteiger partial charge in [-0.15, -0.1) is 0 Å². The number of benzene rings is 1. The van der Waals surface area contributed by atoms with E-state index < -0.39 is 23.8 Å². The molecule has 39 heavy (non-hydrogen) atoms. The molecular formula is C27H29ClN6O4S. The summed E-state index contributed by atoms with van der Waals surface area (Å²) in [6.45, 7) is 7.46. The Morgan fingerprint density at radius 2 is 2.00 bits per heavy atom. The van der Waals surface area contributed by atoms with Gasteiger partial charge in [0.25, 0.3) is 0 Å². The molecule has 1 aromatic carbocycles. The first-order chi connectivity index (χ1) is 18.5. The number of ether oxygens (including phenoxy) is 1. The maximum absolute atomic E-state index is 13.2. The third-order valence-corrected chi connectivity index (χ3v) is 7.11. The van der Waals surface area contributed by atoms with Crippen LogP contribution < -0.4 is 5.32 Å². The average Bonchev–Trinajstić information content (AvgIpc) is 3.30. The zero-order valence-corrected chi connectivity index (χ0v) is 23.6. The summed E-state index contributed by atoms with van der Waals surface area (Å²) in [5.41, 5.74) is 2.64. The minimum absolute atomic E-state index is 0.135. The van der Waals surface area contributed by atoms with Gasteiger partial charge in [0, 0.05) is 30.9 Å². The predicted octanol–water partition coefficient (Wildman–Crippen LogP) is 5.15. The summed E-state index contributed by atoms with van der Waals surface area (Å²) in [7, 11) is 0. The quantitative estimate of drug-likeness (QED) is 0.416. The molecule has 2 N–H and O–H groups in total. The fourth-order valence-corrected chi connectivity index (χ4v) is 5.40. The van der Waals surface area contributed by atoms with E-state index >= 15 is 0 Å². The molecule has 0 saturated carbocycles. The minimum Gasteiger partial charge on any atom is -0.444 e. The summed E-state index contributed by atoms with van der Waals surface area (Å²) < 4.78 is 5.45. The number of aryl methyl sites for hydroxylation is 1. The summed E-state index contributed by atoms with van der Waals surface area (Å²) in [5, 5.41) is 22.8. The average molecular weight is 569 g/mol. The number of carbonyl (C=O) groups excluding carboxylic acids is 2. The third kappa shape index (κ3) is 6.84. The first kappa shape index (κ1) is 28.3. The normalized spacial score (nSPS) is 15.6. The lowest BCUT2D eigenvalue weighted by Crippen LogP contribution is -2.59. The van der Waals surface area contributed by atoms with Gasteiger partial charge in [-0.05, 0) is 57.5 Å². The van der Waals surface area contributed by atoms with Gasteiger partial charge in [-0.2, -0.15) is 5.26 Å². The molecule has 0 radical (unpaired) electrons. The number of carbonyl (C=O) groups is 2. The zero-order chi connectivity index (χ0) is 28.3. The number of piperazine rings is 1. The zero-order valence-electron chi connectivity index (χ0n) is 22.1. The molecule has 0 aliphatic carbocycles. The molecule has 1 fully saturated rings. The molecule has 3 aromatic rings. The monoisotopic (exact) mass is 568 g/mol. The lowest BCUT2D eigenvalue weighted by Gasteiger charge is -2.40. The van der Waals surface area contributed by atoms with E-state index in [9.17, 15) is 20.0 Å². The highest BCUT2D eigenvalue weighted by Crippen LogP contribution is 2.40. The number of hydrogen-bond donors (Lipinski definition) is 2. The van der Waals surface area contributed by atoms with E-state index in [1.807, 2.05) is 19.1 Å². The summed E-state index contributed by atoms with van der Waals surface area (Å²) >= 11 is 7.51. The lowest BCUT2D eigenvalue weighted by molar-refractivity contribution is -0.00589. The van der Waals surface area contributed by atoms with Crippen LogP contribution in [-0.4, -0.2) is 74.9 Å². The molecule has 0 unspecified atom stereocenters. The van der Waals surface area contributed by atoms with Crippen LogP contribution in [0.25, 0.3) is 21.7 Å². The molecule has 1 aliphatic rings. The summed E-state index contributed by atoms with van der Waals surface area (Å²) in [6, 6.07) is 11.8. The number of nitrogens with zero attached hydrogens (tertiary/aromatic N) is 5. The Balaban J connectivity index is 1.59. The Morgan fingerprint density at radius 1 is 1.23 bits per heavy atom. The fourth-order valence-electron chi connectivity index (χ4n) is 4.19. The van der Waals surface area contributed by atoms with Crippen molar-refractivity contribution >= 4 is 40.2 Å². The van der Waals surface area contributed by atoms with Crippen LogP contribution in [0.2, 0.25) is 5.15 Å². The highest BCUT2D eigenvalue weighted by atomic mass is 35.5. The van der Waals surface area contributed by atoms with Crippen molar-refractivity contribution in [2.24, 2.45) is 0 Å². The topological polar surface area (TPSA) is 132 Å². The van der Waals surface area contributed by atoms with Crippen LogP contribution >= 0.6 is 22.9 Å². The Labute approximate surface area is 235 Å². The number of halogens is 1. The number of amides is 3. The van der Waals surface area contributed by atoms with Crippen LogP contribution in [0.3, 0.4) is 0 Å². The highest BCUT2D eigenvalue weighted by Gasteiger charge is 2.35. The molecule has 12 heteroatoms. The van der Waals surface area contributed by atoms with Crippen LogP contribution in [0, 0.1) is 18.3 Å². The van der Waals surface area contributed by atoms with Crippen LogP contribution in [0.1, 0.15) is 32.0 Å². The number of thiazole rings is 1. The Kier molecular flexibility index (Phi) is 8.39. The van der Waals surface area contributed by atoms with E-state index in [4.69, 9.17) is 21.3 Å². The first-order valence-electron chi connectivity index (χ1n) is 12.3. The number of nitrogens with one attached hydrogen (secondary N) is 1. The minimum atomic E-state index is -0.670. The SMILES string of the molecule is Cc1cc(-c2sc(NC(=O)N3CCN(C(=O)OC(C)(C)C)[C@@H](CO)C3)nc2-c2cccc(C#N)c2)cc(Cl)n1. The van der Waals surface area contributed by atoms with E-state index in [0.29, 0.717) is 21.5 Å². The molecule has 1 saturated heterocycles. The number of aliphatic hydroxyl groups excluding tert-OH is 1. The highest BCUT2D eigenvalue weighted by molar-refractivity contribution is 7.19. The van der Waals surface area contributed by atoms with Crippen molar-refractivity contribution in [1.82, 2.24) is 19.8 Å². The molecular weight excluding hydrogens is 540 g/mol. The molecule has 3 amide bonds. The van der Waals surface area contributed by atoms with Gasteiger partial charge in [0.15, 0.2) is 5.13 Å². The van der Waals surface area contributed by atoms with Gasteiger partial charge in [-0.1, -0.05) is 35.1 Å². The Hall–Kier alpha value is -3.72. The molecule has 1 aliphatic heterocycles. The van der Waals surface area contributed by atoms with Crippen LogP contribution in [0.15, 0.2) is 36.4 Å². The summed E-state index contributed by atoms with van der Waals surface area (Å²) in [5.74, 6) is 0. The lowest BCUT2D eigenvalue weighted by atomic mass is 10.1. The first-order valence-corrected chi connectivity index (χ1v) is 13.5. The number of urea groups is 1. The second-order valence-electron chi connectivity index (χ2n) is 10.1. The fraction of sp³-hybridized carbons (Fsp3) is 0.370. The third-order valence-electron chi connectivity index (χ3n) is 5.90. The van der Waals surface area contributed by atoms with Crippen molar-refractivity contribution in [3.63, 3.8) is 0 Å². The van der Waals surface area contributed by atoms with Gasteiger partial charge in [0.2, 0.25) is 0 Å². The number of pyridine rings is 1. The summed E-state index contributed by atoms with van der Waals surface area (Å²) in [4.78, 5) is 38.5. The predicted molar refractivity (Wildman–Crippen MR) is 150 cm³/mol. The van der Waals surface area contributed by atoms with Crippen LogP contribution in [0.5, 0.6) is 0 Å². The maximum atomic E-state index is 13.2. The van der Waals surface area contributed by atoms with E-state index in [-0.39, 0.29) is 26.2 Å². The van der Waals surface area contributed by atoms with Gasteiger partial charge in [-0.3, -0.25) is 10.2 Å². The number of rotatable bonds is 4. The van der Waals surface area contributed by atoms with Gasteiger partial charge < -0.3 is 14.7 Å². The van der Waals surface area contributed by atoms with Crippen molar-refractivity contribution in [1.29, 1.82) is 5.26 Å². The number of hydrogen-bond acceptors (Lipinski definition) is 8. The Bertz CT molecular complexity index is 1410. The van der Waals surface area contributed by atoms with E-state index in [2.05, 4.69) is 16.4 Å². The number of aliphatic hydroxyl groups is 1. The molecule has 0 spiro atoms. The largest absolute Gasteiger partial charge is 0.444 e. The number of aromatic nitrogens is 2. The maximum Gasteiger partial charge on any atom is 0.410 e. The molecule has 3 heterocycles. The molecule has 2 aromatic heterocycles.